The summed E-state index contributed by atoms with van der Waals surface area (Å²) in [6, 6.07) is -1.42. The van der Waals surface area contributed by atoms with Gasteiger partial charge in [-0.05, 0) is 46.1 Å². The topological polar surface area (TPSA) is 65.0 Å². The molecular formula is C43H25N3O2. The molecule has 0 spiro atoms. The zero-order valence-electron chi connectivity index (χ0n) is 42.2. The highest BCUT2D eigenvalue weighted by atomic mass is 16.3. The second-order valence-corrected chi connectivity index (χ2v) is 10.6. The summed E-state index contributed by atoms with van der Waals surface area (Å²) in [4.78, 5) is 13.9. The van der Waals surface area contributed by atoms with Crippen LogP contribution in [0.2, 0.25) is 0 Å². The second kappa shape index (κ2) is 10.5. The van der Waals surface area contributed by atoms with Gasteiger partial charge in [0.2, 0.25) is 0 Å². The van der Waals surface area contributed by atoms with Crippen LogP contribution in [0.25, 0.3) is 99.9 Å². The van der Waals surface area contributed by atoms with Gasteiger partial charge in [-0.15, -0.1) is 0 Å². The van der Waals surface area contributed by atoms with Crippen molar-refractivity contribution in [1.29, 1.82) is 0 Å². The van der Waals surface area contributed by atoms with Crippen molar-refractivity contribution >= 4 is 54.6 Å². The molecule has 0 radical (unpaired) electrons. The fraction of sp³-hybridized carbons (Fsp3) is 0. The second-order valence-electron chi connectivity index (χ2n) is 10.6. The number of rotatable bonds is 4. The fourth-order valence-corrected chi connectivity index (χ4v) is 5.88. The van der Waals surface area contributed by atoms with E-state index >= 15 is 0 Å². The maximum absolute atomic E-state index is 9.35. The van der Waals surface area contributed by atoms with Crippen molar-refractivity contribution in [2.75, 3.05) is 0 Å². The molecule has 48 heavy (non-hydrogen) atoms. The molecule has 0 saturated heterocycles. The van der Waals surface area contributed by atoms with Crippen LogP contribution in [0.1, 0.15) is 24.7 Å². The quantitative estimate of drug-likeness (QED) is 0.193. The fourth-order valence-electron chi connectivity index (χ4n) is 5.88. The van der Waals surface area contributed by atoms with Crippen molar-refractivity contribution in [1.82, 2.24) is 15.0 Å². The third-order valence-corrected chi connectivity index (χ3v) is 7.92. The minimum Gasteiger partial charge on any atom is -0.456 e. The molecule has 0 fully saturated rings. The molecule has 5 nitrogen and oxygen atoms in total. The predicted octanol–water partition coefficient (Wildman–Crippen LogP) is 11.5. The highest BCUT2D eigenvalue weighted by Crippen LogP contribution is 2.41. The lowest BCUT2D eigenvalue weighted by Gasteiger charge is -2.13. The van der Waals surface area contributed by atoms with Crippen LogP contribution in [-0.4, -0.2) is 15.0 Å². The molecule has 0 amide bonds. The largest absolute Gasteiger partial charge is 0.456 e. The average molecular weight is 634 g/mol. The van der Waals surface area contributed by atoms with Crippen molar-refractivity contribution in [3.63, 3.8) is 0 Å². The van der Waals surface area contributed by atoms with E-state index in [0.29, 0.717) is 21.9 Å². The number of hydrogen-bond acceptors (Lipinski definition) is 5. The van der Waals surface area contributed by atoms with Crippen molar-refractivity contribution in [2.45, 2.75) is 0 Å². The molecule has 0 saturated carbocycles. The maximum Gasteiger partial charge on any atom is 0.164 e. The first-order chi connectivity index (χ1) is 31.3. The summed E-state index contributed by atoms with van der Waals surface area (Å²) in [5.41, 5.74) is -1.79. The smallest absolute Gasteiger partial charge is 0.164 e. The summed E-state index contributed by atoms with van der Waals surface area (Å²) >= 11 is 0. The van der Waals surface area contributed by atoms with Crippen LogP contribution in [0.15, 0.2) is 160 Å². The van der Waals surface area contributed by atoms with E-state index in [9.17, 15) is 6.85 Å². The number of aromatic nitrogens is 3. The van der Waals surface area contributed by atoms with Crippen LogP contribution in [-0.2, 0) is 0 Å². The van der Waals surface area contributed by atoms with Gasteiger partial charge in [-0.1, -0.05) is 127 Å². The van der Waals surface area contributed by atoms with E-state index in [-0.39, 0.29) is 22.2 Å². The maximum atomic E-state index is 9.35. The molecule has 0 aliphatic carbocycles. The Morgan fingerprint density at radius 2 is 0.979 bits per heavy atom. The molecule has 0 unspecified atom stereocenters. The number of nitrogens with zero attached hydrogens (tertiary/aromatic N) is 3. The molecule has 224 valence electrons. The summed E-state index contributed by atoms with van der Waals surface area (Å²) in [5.74, 6) is -1.23. The van der Waals surface area contributed by atoms with Crippen LogP contribution in [0.3, 0.4) is 0 Å². The molecule has 7 aromatic carbocycles. The lowest BCUT2D eigenvalue weighted by molar-refractivity contribution is 0.668. The lowest BCUT2D eigenvalue weighted by Crippen LogP contribution is -2.01. The van der Waals surface area contributed by atoms with E-state index in [0.717, 1.165) is 0 Å². The SMILES string of the molecule is [2H]c1c([2H])c([2H])c(-c2nc(-c3c([2H])c([2H])c([2H])c4c(-c5c([2H])c([2H])c([2H])c6oc7c([2H])c([2H])c([2H])c([2H])c7c56)c([2H])c([2H])c([2H])c34)nc(-c3cccc4oc5ccccc5c34)n2)c([2H])c1[2H]. The van der Waals surface area contributed by atoms with E-state index in [4.69, 9.17) is 31.6 Å². The molecule has 0 N–H and O–H groups in total. The van der Waals surface area contributed by atoms with Crippen LogP contribution >= 0.6 is 0 Å². The third kappa shape index (κ3) is 4.08. The monoisotopic (exact) mass is 633 g/mol. The molecule has 0 aliphatic rings. The van der Waals surface area contributed by atoms with Crippen molar-refractivity contribution in [3.05, 3.63) is 151 Å². The average Bonchev–Trinajstić information content (AvgIpc) is 3.90. The van der Waals surface area contributed by atoms with E-state index in [1.165, 1.54) is 0 Å². The first kappa shape index (κ1) is 14.4. The molecular weight excluding hydrogens is 590 g/mol. The summed E-state index contributed by atoms with van der Waals surface area (Å²) in [6.07, 6.45) is 0. The number of benzene rings is 7. The molecule has 5 heteroatoms. The van der Waals surface area contributed by atoms with Crippen LogP contribution in [0, 0.1) is 0 Å². The van der Waals surface area contributed by atoms with Gasteiger partial charge >= 0.3 is 0 Å². The normalized spacial score (nSPS) is 17.0. The van der Waals surface area contributed by atoms with Crippen molar-refractivity contribution in [2.24, 2.45) is 0 Å². The molecule has 3 aromatic heterocycles. The van der Waals surface area contributed by atoms with Gasteiger partial charge in [-0.25, -0.2) is 15.0 Å². The minimum atomic E-state index is -0.853. The summed E-state index contributed by atoms with van der Waals surface area (Å²) in [5, 5.41) is -0.570. The number of hydrogen-bond donors (Lipinski definition) is 0. The van der Waals surface area contributed by atoms with Crippen LogP contribution in [0.4, 0.5) is 0 Å². The van der Waals surface area contributed by atoms with Crippen molar-refractivity contribution < 1.29 is 33.5 Å². The number of furan rings is 2. The highest BCUT2D eigenvalue weighted by molar-refractivity contribution is 6.16. The van der Waals surface area contributed by atoms with Gasteiger partial charge in [0.15, 0.2) is 17.5 Å². The molecule has 0 atom stereocenters. The van der Waals surface area contributed by atoms with Crippen molar-refractivity contribution in [3.8, 4) is 45.3 Å². The zero-order chi connectivity index (χ0) is 47.3. The Labute approximate surface area is 300 Å². The Morgan fingerprint density at radius 3 is 1.88 bits per heavy atom. The van der Waals surface area contributed by atoms with Gasteiger partial charge in [0.05, 0.1) is 24.7 Å². The van der Waals surface area contributed by atoms with Gasteiger partial charge in [-0.2, -0.15) is 0 Å². The highest BCUT2D eigenvalue weighted by Gasteiger charge is 2.20. The summed E-state index contributed by atoms with van der Waals surface area (Å²) in [7, 11) is 0. The van der Waals surface area contributed by atoms with E-state index in [2.05, 4.69) is 9.97 Å². The first-order valence-corrected chi connectivity index (χ1v) is 14.5. The number of fused-ring (bicyclic) bond motifs is 7. The Bertz CT molecular complexity index is 3860. The van der Waals surface area contributed by atoms with Gasteiger partial charge in [0.1, 0.15) is 22.3 Å². The Balaban J connectivity index is 1.40. The van der Waals surface area contributed by atoms with Gasteiger partial charge in [-0.3, -0.25) is 0 Å². The van der Waals surface area contributed by atoms with Crippen LogP contribution in [0.5, 0.6) is 0 Å². The molecule has 0 bridgehead atoms. The van der Waals surface area contributed by atoms with Crippen LogP contribution < -0.4 is 0 Å². The minimum absolute atomic E-state index is 0.193. The number of para-hydroxylation sites is 2. The standard InChI is InChI=1S/C43H25N3O2/c1-2-12-26(13-3-1)41-44-42(46-43(45-41)34-21-11-25-38-40(34)33-15-5-7-23-36(33)48-38)31-20-9-16-27-28(17-8-18-29(27)31)30-19-10-24-37-39(30)32-14-4-6-22-35(32)47-37/h1-25H/i1D,2D,3D,4D,6D,8D,9D,10D,12D,13D,14D,16D,17D,18D,19D,20D,22D,24D. The predicted molar refractivity (Wildman–Crippen MR) is 194 cm³/mol. The zero-order valence-corrected chi connectivity index (χ0v) is 24.2. The molecule has 10 rings (SSSR count). The van der Waals surface area contributed by atoms with Gasteiger partial charge in [0, 0.05) is 38.2 Å². The lowest BCUT2D eigenvalue weighted by atomic mass is 9.93. The first-order valence-electron chi connectivity index (χ1n) is 23.5. The van der Waals surface area contributed by atoms with Gasteiger partial charge < -0.3 is 8.83 Å². The molecule has 3 heterocycles. The third-order valence-electron chi connectivity index (χ3n) is 7.92. The van der Waals surface area contributed by atoms with Gasteiger partial charge in [0.25, 0.3) is 0 Å². The van der Waals surface area contributed by atoms with E-state index in [1.54, 1.807) is 42.5 Å². The molecule has 10 aromatic rings. The van der Waals surface area contributed by atoms with E-state index < -0.39 is 165 Å². The summed E-state index contributed by atoms with van der Waals surface area (Å²) < 4.78 is 171. The summed E-state index contributed by atoms with van der Waals surface area (Å²) in [6.45, 7) is 0. The Hall–Kier alpha value is -6.59. The molecule has 0 aliphatic heterocycles. The Morgan fingerprint density at radius 1 is 0.375 bits per heavy atom. The Kier molecular flexibility index (Phi) is 3.15. The van der Waals surface area contributed by atoms with E-state index in [1.807, 2.05) is 0 Å².